The second-order valence-electron chi connectivity index (χ2n) is 7.33. The average Bonchev–Trinajstić information content (AvgIpc) is 2.74. The van der Waals surface area contributed by atoms with Crippen molar-refractivity contribution in [2.75, 3.05) is 6.61 Å². The Morgan fingerprint density at radius 3 is 2.67 bits per heavy atom. The van der Waals surface area contributed by atoms with Crippen molar-refractivity contribution in [3.63, 3.8) is 0 Å². The fourth-order valence-corrected chi connectivity index (χ4v) is 3.84. The lowest BCUT2D eigenvalue weighted by atomic mass is 10.0. The van der Waals surface area contributed by atoms with Gasteiger partial charge in [0, 0.05) is 29.7 Å². The molecule has 2 N–H and O–H groups in total. The highest BCUT2D eigenvalue weighted by Gasteiger charge is 2.34. The smallest absolute Gasteiger partial charge is 0.305 e. The van der Waals surface area contributed by atoms with Crippen LogP contribution < -0.4 is 0 Å². The molecular weight excluding hydrogens is 384 g/mol. The predicted molar refractivity (Wildman–Crippen MR) is 110 cm³/mol. The Kier molecular flexibility index (Phi) is 5.85. The van der Waals surface area contributed by atoms with Crippen molar-refractivity contribution in [3.05, 3.63) is 77.5 Å². The van der Waals surface area contributed by atoms with Gasteiger partial charge in [0.05, 0.1) is 25.2 Å². The van der Waals surface area contributed by atoms with E-state index in [1.54, 1.807) is 24.4 Å². The SMILES string of the molecule is O=C(O)C[C@@H]1COCc2ccccc2CN1C(O)C(=O)c1cccc2cccnc12. The third-order valence-electron chi connectivity index (χ3n) is 5.37. The van der Waals surface area contributed by atoms with Crippen molar-refractivity contribution in [2.45, 2.75) is 31.8 Å². The first-order chi connectivity index (χ1) is 14.5. The molecule has 0 radical (unpaired) electrons. The van der Waals surface area contributed by atoms with Gasteiger partial charge < -0.3 is 14.9 Å². The summed E-state index contributed by atoms with van der Waals surface area (Å²) in [6, 6.07) is 15.8. The van der Waals surface area contributed by atoms with E-state index in [0.717, 1.165) is 16.5 Å². The van der Waals surface area contributed by atoms with E-state index in [9.17, 15) is 19.8 Å². The Morgan fingerprint density at radius 1 is 1.10 bits per heavy atom. The topological polar surface area (TPSA) is 100.0 Å². The molecule has 0 saturated carbocycles. The van der Waals surface area contributed by atoms with Gasteiger partial charge in [-0.05, 0) is 23.3 Å². The highest BCUT2D eigenvalue weighted by molar-refractivity contribution is 6.08. The van der Waals surface area contributed by atoms with Gasteiger partial charge in [-0.2, -0.15) is 0 Å². The Labute approximate surface area is 173 Å². The van der Waals surface area contributed by atoms with Gasteiger partial charge >= 0.3 is 5.97 Å². The van der Waals surface area contributed by atoms with E-state index in [-0.39, 0.29) is 19.6 Å². The van der Waals surface area contributed by atoms with Crippen LogP contribution in [0.5, 0.6) is 0 Å². The molecular formula is C23H22N2O5. The number of hydrogen-bond donors (Lipinski definition) is 2. The number of aromatic nitrogens is 1. The molecule has 2 heterocycles. The van der Waals surface area contributed by atoms with Crippen molar-refractivity contribution < 1.29 is 24.5 Å². The number of aliphatic hydroxyl groups excluding tert-OH is 1. The van der Waals surface area contributed by atoms with E-state index in [1.807, 2.05) is 36.4 Å². The molecule has 1 unspecified atom stereocenters. The number of carboxylic acid groups (broad SMARTS) is 1. The number of para-hydroxylation sites is 1. The molecule has 2 aromatic carbocycles. The molecule has 154 valence electrons. The van der Waals surface area contributed by atoms with Crippen molar-refractivity contribution in [1.29, 1.82) is 0 Å². The number of pyridine rings is 1. The van der Waals surface area contributed by atoms with Gasteiger partial charge in [-0.1, -0.05) is 42.5 Å². The fourth-order valence-electron chi connectivity index (χ4n) is 3.84. The van der Waals surface area contributed by atoms with Gasteiger partial charge in [-0.25, -0.2) is 0 Å². The zero-order valence-electron chi connectivity index (χ0n) is 16.3. The lowest BCUT2D eigenvalue weighted by Crippen LogP contribution is -2.50. The second kappa shape index (κ2) is 8.71. The van der Waals surface area contributed by atoms with Crippen LogP contribution in [0.25, 0.3) is 10.9 Å². The number of carbonyl (C=O) groups excluding carboxylic acids is 1. The molecule has 7 nitrogen and oxygen atoms in total. The number of aliphatic carboxylic acids is 1. The molecule has 3 aromatic rings. The van der Waals surface area contributed by atoms with Crippen LogP contribution in [-0.4, -0.2) is 50.7 Å². The van der Waals surface area contributed by atoms with Crippen molar-refractivity contribution in [3.8, 4) is 0 Å². The molecule has 1 aromatic heterocycles. The van der Waals surface area contributed by atoms with Crippen LogP contribution in [0.3, 0.4) is 0 Å². The Bertz CT molecular complexity index is 1080. The summed E-state index contributed by atoms with van der Waals surface area (Å²) < 4.78 is 5.71. The quantitative estimate of drug-likeness (QED) is 0.628. The number of aliphatic hydroxyl groups is 1. The summed E-state index contributed by atoms with van der Waals surface area (Å²) in [6.45, 7) is 0.693. The number of rotatable bonds is 5. The summed E-state index contributed by atoms with van der Waals surface area (Å²) in [6.07, 6.45) is -0.184. The lowest BCUT2D eigenvalue weighted by molar-refractivity contribution is -0.141. The molecule has 2 atom stereocenters. The van der Waals surface area contributed by atoms with E-state index in [2.05, 4.69) is 4.98 Å². The van der Waals surface area contributed by atoms with E-state index >= 15 is 0 Å². The molecule has 0 saturated heterocycles. The van der Waals surface area contributed by atoms with Crippen molar-refractivity contribution >= 4 is 22.7 Å². The summed E-state index contributed by atoms with van der Waals surface area (Å²) in [4.78, 5) is 30.5. The lowest BCUT2D eigenvalue weighted by Gasteiger charge is -2.36. The number of nitrogens with zero attached hydrogens (tertiary/aromatic N) is 2. The van der Waals surface area contributed by atoms with E-state index in [4.69, 9.17) is 4.74 Å². The molecule has 1 aliphatic rings. The number of ether oxygens (including phenoxy) is 1. The summed E-state index contributed by atoms with van der Waals surface area (Å²) in [5.74, 6) is -1.54. The van der Waals surface area contributed by atoms with Gasteiger partial charge in [0.15, 0.2) is 6.23 Å². The molecule has 30 heavy (non-hydrogen) atoms. The van der Waals surface area contributed by atoms with Gasteiger partial charge in [0.1, 0.15) is 0 Å². The maximum Gasteiger partial charge on any atom is 0.305 e. The number of benzene rings is 2. The maximum atomic E-state index is 13.3. The minimum absolute atomic E-state index is 0.0960. The van der Waals surface area contributed by atoms with E-state index in [0.29, 0.717) is 17.7 Å². The maximum absolute atomic E-state index is 13.3. The fraction of sp³-hybridized carbons (Fsp3) is 0.261. The minimum atomic E-state index is -1.53. The molecule has 4 rings (SSSR count). The zero-order chi connectivity index (χ0) is 21.1. The highest BCUT2D eigenvalue weighted by atomic mass is 16.5. The molecule has 1 aliphatic heterocycles. The van der Waals surface area contributed by atoms with Gasteiger partial charge in [-0.3, -0.25) is 19.5 Å². The molecule has 0 amide bonds. The number of Topliss-reactive ketones (excluding diaryl/α,β-unsaturated/α-hetero) is 1. The van der Waals surface area contributed by atoms with E-state index in [1.165, 1.54) is 4.90 Å². The number of carboxylic acids is 1. The minimum Gasteiger partial charge on any atom is -0.481 e. The standard InChI is InChI=1S/C23H22N2O5/c26-20(27)11-18-14-30-13-17-6-2-1-5-16(17)12-25(18)23(29)22(28)19-9-3-7-15-8-4-10-24-21(15)19/h1-10,18,23,29H,11-14H2,(H,26,27)/t18-,23?/m1/s1. The molecule has 0 fully saturated rings. The van der Waals surface area contributed by atoms with Crippen LogP contribution in [0.1, 0.15) is 27.9 Å². The van der Waals surface area contributed by atoms with Crippen LogP contribution in [0.2, 0.25) is 0 Å². The zero-order valence-corrected chi connectivity index (χ0v) is 16.3. The summed E-state index contributed by atoms with van der Waals surface area (Å²) in [5, 5.41) is 21.2. The summed E-state index contributed by atoms with van der Waals surface area (Å²) in [5.41, 5.74) is 2.63. The number of fused-ring (bicyclic) bond motifs is 2. The monoisotopic (exact) mass is 406 g/mol. The average molecular weight is 406 g/mol. The molecule has 0 aliphatic carbocycles. The van der Waals surface area contributed by atoms with Gasteiger partial charge in [-0.15, -0.1) is 0 Å². The van der Waals surface area contributed by atoms with Crippen molar-refractivity contribution in [1.82, 2.24) is 9.88 Å². The first-order valence-corrected chi connectivity index (χ1v) is 9.72. The van der Waals surface area contributed by atoms with Crippen LogP contribution in [-0.2, 0) is 22.7 Å². The first kappa shape index (κ1) is 20.2. The molecule has 7 heteroatoms. The van der Waals surface area contributed by atoms with Crippen LogP contribution in [0.4, 0.5) is 0 Å². The Balaban J connectivity index is 1.71. The number of carbonyl (C=O) groups is 2. The molecule has 0 spiro atoms. The van der Waals surface area contributed by atoms with Crippen LogP contribution in [0, 0.1) is 0 Å². The Hall–Kier alpha value is -3.13. The van der Waals surface area contributed by atoms with Crippen LogP contribution in [0.15, 0.2) is 60.8 Å². The Morgan fingerprint density at radius 2 is 1.87 bits per heavy atom. The van der Waals surface area contributed by atoms with Crippen LogP contribution >= 0.6 is 0 Å². The highest BCUT2D eigenvalue weighted by Crippen LogP contribution is 2.24. The van der Waals surface area contributed by atoms with Gasteiger partial charge in [0.2, 0.25) is 5.78 Å². The van der Waals surface area contributed by atoms with E-state index < -0.39 is 24.0 Å². The largest absolute Gasteiger partial charge is 0.481 e. The van der Waals surface area contributed by atoms with Crippen molar-refractivity contribution in [2.24, 2.45) is 0 Å². The normalized spacial score (nSPS) is 18.2. The number of ketones is 1. The predicted octanol–water partition coefficient (Wildman–Crippen LogP) is 2.61. The number of hydrogen-bond acceptors (Lipinski definition) is 6. The summed E-state index contributed by atoms with van der Waals surface area (Å²) in [7, 11) is 0. The van der Waals surface area contributed by atoms with Gasteiger partial charge in [0.25, 0.3) is 0 Å². The summed E-state index contributed by atoms with van der Waals surface area (Å²) >= 11 is 0. The third-order valence-corrected chi connectivity index (χ3v) is 5.37. The second-order valence-corrected chi connectivity index (χ2v) is 7.33. The first-order valence-electron chi connectivity index (χ1n) is 9.72. The molecule has 0 bridgehead atoms. The third kappa shape index (κ3) is 4.09.